The molecule has 22 heavy (non-hydrogen) atoms. The number of halogens is 2. The van der Waals surface area contributed by atoms with Crippen molar-refractivity contribution in [2.45, 2.75) is 19.6 Å². The molecule has 2 aromatic rings. The lowest BCUT2D eigenvalue weighted by Crippen LogP contribution is -2.31. The number of carbonyl (C=O) groups is 1. The molecular formula is C14H13ClFNO4S. The van der Waals surface area contributed by atoms with Crippen molar-refractivity contribution in [3.05, 3.63) is 57.8 Å². The number of hydrogen-bond acceptors (Lipinski definition) is 4. The number of carbonyl (C=O) groups excluding carboxylic acids is 1. The first-order valence-electron chi connectivity index (χ1n) is 6.24. The first kappa shape index (κ1) is 16.5. The minimum Gasteiger partial charge on any atom is -0.456 e. The van der Waals surface area contributed by atoms with Gasteiger partial charge >= 0.3 is 0 Å². The van der Waals surface area contributed by atoms with Crippen molar-refractivity contribution in [2.24, 2.45) is 0 Å². The van der Waals surface area contributed by atoms with E-state index in [-0.39, 0.29) is 16.3 Å². The normalized spacial score (nSPS) is 11.5. The Labute approximate surface area is 132 Å². The van der Waals surface area contributed by atoms with Gasteiger partial charge in [-0.25, -0.2) is 17.5 Å². The quantitative estimate of drug-likeness (QED) is 0.924. The van der Waals surface area contributed by atoms with Gasteiger partial charge in [0.2, 0.25) is 10.0 Å². The second-order valence-corrected chi connectivity index (χ2v) is 6.92. The summed E-state index contributed by atoms with van der Waals surface area (Å²) in [6.07, 6.45) is 0. The van der Waals surface area contributed by atoms with Gasteiger partial charge in [0.1, 0.15) is 11.6 Å². The van der Waals surface area contributed by atoms with Gasteiger partial charge in [-0.05, 0) is 43.2 Å². The Morgan fingerprint density at radius 3 is 2.55 bits per heavy atom. The number of furan rings is 1. The third kappa shape index (κ3) is 3.86. The molecule has 5 nitrogen and oxygen atoms in total. The van der Waals surface area contributed by atoms with E-state index in [1.807, 2.05) is 4.72 Å². The largest absolute Gasteiger partial charge is 0.456 e. The van der Waals surface area contributed by atoms with Gasteiger partial charge < -0.3 is 4.42 Å². The molecule has 0 saturated carbocycles. The molecule has 1 amide bonds. The van der Waals surface area contributed by atoms with E-state index >= 15 is 0 Å². The summed E-state index contributed by atoms with van der Waals surface area (Å²) in [5, 5.41) is -0.105. The molecule has 0 unspecified atom stereocenters. The maximum absolute atomic E-state index is 13.3. The third-order valence-electron chi connectivity index (χ3n) is 2.98. The minimum atomic E-state index is -3.98. The topological polar surface area (TPSA) is 76.4 Å². The SMILES string of the molecule is Cc1cc(C(=O)NS(=O)(=O)Cc2ccc(Cl)c(F)c2)oc1C. The molecule has 0 aliphatic heterocycles. The maximum Gasteiger partial charge on any atom is 0.300 e. The zero-order valence-electron chi connectivity index (χ0n) is 11.8. The average Bonchev–Trinajstić information content (AvgIpc) is 2.73. The zero-order valence-corrected chi connectivity index (χ0v) is 13.4. The van der Waals surface area contributed by atoms with Crippen molar-refractivity contribution < 1.29 is 22.0 Å². The Balaban J connectivity index is 2.13. The van der Waals surface area contributed by atoms with Crippen LogP contribution in [0.1, 0.15) is 27.4 Å². The van der Waals surface area contributed by atoms with Crippen LogP contribution in [0.15, 0.2) is 28.7 Å². The maximum atomic E-state index is 13.3. The van der Waals surface area contributed by atoms with Crippen molar-refractivity contribution in [3.8, 4) is 0 Å². The number of aryl methyl sites for hydroxylation is 2. The van der Waals surface area contributed by atoms with Crippen molar-refractivity contribution in [1.29, 1.82) is 0 Å². The van der Waals surface area contributed by atoms with Crippen LogP contribution in [0, 0.1) is 19.7 Å². The van der Waals surface area contributed by atoms with Crippen LogP contribution in [0.4, 0.5) is 4.39 Å². The summed E-state index contributed by atoms with van der Waals surface area (Å²) in [5.74, 6) is -1.71. The van der Waals surface area contributed by atoms with Gasteiger partial charge in [-0.15, -0.1) is 0 Å². The molecule has 118 valence electrons. The Morgan fingerprint density at radius 1 is 1.32 bits per heavy atom. The number of amides is 1. The van der Waals surface area contributed by atoms with E-state index in [0.717, 1.165) is 11.6 Å². The second kappa shape index (κ2) is 6.10. The molecule has 1 aromatic heterocycles. The van der Waals surface area contributed by atoms with Gasteiger partial charge in [-0.3, -0.25) is 4.79 Å². The van der Waals surface area contributed by atoms with Crippen LogP contribution in [0.3, 0.4) is 0 Å². The van der Waals surface area contributed by atoms with Gasteiger partial charge in [-0.1, -0.05) is 17.7 Å². The first-order chi connectivity index (χ1) is 10.2. The lowest BCUT2D eigenvalue weighted by atomic mass is 10.2. The van der Waals surface area contributed by atoms with Gasteiger partial charge in [0.05, 0.1) is 10.8 Å². The summed E-state index contributed by atoms with van der Waals surface area (Å²) >= 11 is 5.53. The van der Waals surface area contributed by atoms with Crippen LogP contribution in [-0.2, 0) is 15.8 Å². The summed E-state index contributed by atoms with van der Waals surface area (Å²) in [6, 6.07) is 5.08. The van der Waals surface area contributed by atoms with Crippen molar-refractivity contribution in [3.63, 3.8) is 0 Å². The smallest absolute Gasteiger partial charge is 0.300 e. The molecule has 0 atom stereocenters. The summed E-state index contributed by atoms with van der Waals surface area (Å²) in [6.45, 7) is 3.40. The van der Waals surface area contributed by atoms with Crippen molar-refractivity contribution in [1.82, 2.24) is 4.72 Å². The predicted octanol–water partition coefficient (Wildman–Crippen LogP) is 2.95. The summed E-state index contributed by atoms with van der Waals surface area (Å²) in [4.78, 5) is 11.9. The molecule has 1 heterocycles. The molecule has 0 fully saturated rings. The number of hydrogen-bond donors (Lipinski definition) is 1. The highest BCUT2D eigenvalue weighted by molar-refractivity contribution is 7.89. The van der Waals surface area contributed by atoms with E-state index in [2.05, 4.69) is 0 Å². The molecule has 0 spiro atoms. The van der Waals surface area contributed by atoms with Crippen LogP contribution >= 0.6 is 11.6 Å². The summed E-state index contributed by atoms with van der Waals surface area (Å²) in [5.41, 5.74) is 0.913. The van der Waals surface area contributed by atoms with E-state index < -0.39 is 27.5 Å². The predicted molar refractivity (Wildman–Crippen MR) is 79.7 cm³/mol. The first-order valence-corrected chi connectivity index (χ1v) is 8.27. The van der Waals surface area contributed by atoms with Gasteiger partial charge in [-0.2, -0.15) is 0 Å². The highest BCUT2D eigenvalue weighted by Crippen LogP contribution is 2.17. The lowest BCUT2D eigenvalue weighted by Gasteiger charge is -2.06. The molecule has 0 radical (unpaired) electrons. The van der Waals surface area contributed by atoms with Gasteiger partial charge in [0.15, 0.2) is 5.76 Å². The fraction of sp³-hybridized carbons (Fsp3) is 0.214. The average molecular weight is 346 g/mol. The molecule has 0 bridgehead atoms. The molecule has 1 N–H and O–H groups in total. The molecule has 2 rings (SSSR count). The lowest BCUT2D eigenvalue weighted by molar-refractivity contribution is 0.0953. The summed E-state index contributed by atoms with van der Waals surface area (Å²) < 4.78 is 44.2. The van der Waals surface area contributed by atoms with E-state index in [4.69, 9.17) is 16.0 Å². The van der Waals surface area contributed by atoms with Gasteiger partial charge in [0, 0.05) is 0 Å². The van der Waals surface area contributed by atoms with Crippen LogP contribution in [-0.4, -0.2) is 14.3 Å². The molecule has 0 aliphatic rings. The Kier molecular flexibility index (Phi) is 4.58. The molecule has 1 aromatic carbocycles. The van der Waals surface area contributed by atoms with E-state index in [0.29, 0.717) is 5.76 Å². The van der Waals surface area contributed by atoms with Crippen molar-refractivity contribution in [2.75, 3.05) is 0 Å². The number of sulfonamides is 1. The molecule has 0 aliphatic carbocycles. The number of benzene rings is 1. The van der Waals surface area contributed by atoms with E-state index in [9.17, 15) is 17.6 Å². The fourth-order valence-corrected chi connectivity index (χ4v) is 2.95. The van der Waals surface area contributed by atoms with Crippen LogP contribution in [0.25, 0.3) is 0 Å². The van der Waals surface area contributed by atoms with Crippen LogP contribution in [0.2, 0.25) is 5.02 Å². The third-order valence-corrected chi connectivity index (χ3v) is 4.49. The van der Waals surface area contributed by atoms with Crippen LogP contribution < -0.4 is 4.72 Å². The van der Waals surface area contributed by atoms with Crippen molar-refractivity contribution >= 4 is 27.5 Å². The highest BCUT2D eigenvalue weighted by Gasteiger charge is 2.20. The Bertz CT molecular complexity index is 810. The number of rotatable bonds is 4. The molecule has 8 heteroatoms. The minimum absolute atomic E-state index is 0.0964. The van der Waals surface area contributed by atoms with Crippen LogP contribution in [0.5, 0.6) is 0 Å². The monoisotopic (exact) mass is 345 g/mol. The summed E-state index contributed by atoms with van der Waals surface area (Å²) in [7, 11) is -3.98. The highest BCUT2D eigenvalue weighted by atomic mass is 35.5. The Morgan fingerprint density at radius 2 is 2.00 bits per heavy atom. The number of nitrogens with one attached hydrogen (secondary N) is 1. The van der Waals surface area contributed by atoms with E-state index in [1.165, 1.54) is 18.2 Å². The molecular weight excluding hydrogens is 333 g/mol. The Hall–Kier alpha value is -1.86. The zero-order chi connectivity index (χ0) is 16.5. The fourth-order valence-electron chi connectivity index (χ4n) is 1.76. The molecule has 0 saturated heterocycles. The van der Waals surface area contributed by atoms with E-state index in [1.54, 1.807) is 13.8 Å². The second-order valence-electron chi connectivity index (χ2n) is 4.79. The van der Waals surface area contributed by atoms with Gasteiger partial charge in [0.25, 0.3) is 5.91 Å². The standard InChI is InChI=1S/C14H13ClFNO4S/c1-8-5-13(21-9(8)2)14(18)17-22(19,20)7-10-3-4-11(15)12(16)6-10/h3-6H,7H2,1-2H3,(H,17,18).